The van der Waals surface area contributed by atoms with Crippen LogP contribution in [0, 0.1) is 22.7 Å². The molecule has 28 heavy (non-hydrogen) atoms. The van der Waals surface area contributed by atoms with Gasteiger partial charge in [0.25, 0.3) is 0 Å². The Labute approximate surface area is 157 Å². The number of hydrogen-bond donors (Lipinski definition) is 1. The third-order valence-corrected chi connectivity index (χ3v) is 4.88. The summed E-state index contributed by atoms with van der Waals surface area (Å²) in [5.74, 6) is -2.64. The van der Waals surface area contributed by atoms with Gasteiger partial charge in [-0.3, -0.25) is 0 Å². The highest BCUT2D eigenvalue weighted by Crippen LogP contribution is 2.63. The van der Waals surface area contributed by atoms with E-state index in [-0.39, 0.29) is 11.4 Å². The van der Waals surface area contributed by atoms with Crippen LogP contribution >= 0.6 is 0 Å². The molecule has 1 aliphatic rings. The topological polar surface area (TPSA) is 62.3 Å². The van der Waals surface area contributed by atoms with Crippen molar-refractivity contribution in [2.75, 3.05) is 12.0 Å². The Hall–Kier alpha value is -2.83. The first kappa shape index (κ1) is 21.5. The lowest BCUT2D eigenvalue weighted by atomic mass is 9.65. The molecule has 0 aromatic heterocycles. The summed E-state index contributed by atoms with van der Waals surface area (Å²) in [5.41, 5.74) is -0.375. The van der Waals surface area contributed by atoms with E-state index in [1.165, 1.54) is 38.3 Å². The summed E-state index contributed by atoms with van der Waals surface area (Å²) in [4.78, 5) is 1.03. The molecule has 1 aliphatic heterocycles. The van der Waals surface area contributed by atoms with Gasteiger partial charge in [0, 0.05) is 17.3 Å². The van der Waals surface area contributed by atoms with E-state index in [1.54, 1.807) is 0 Å². The van der Waals surface area contributed by atoms with Crippen LogP contribution in [0.2, 0.25) is 0 Å². The van der Waals surface area contributed by atoms with Gasteiger partial charge in [0.2, 0.25) is 5.41 Å². The fourth-order valence-electron chi connectivity index (χ4n) is 3.56. The second-order valence-corrected chi connectivity index (χ2v) is 6.14. The number of alkyl halides is 6. The number of benzene rings is 1. The van der Waals surface area contributed by atoms with Gasteiger partial charge >= 0.3 is 12.4 Å². The van der Waals surface area contributed by atoms with Gasteiger partial charge in [-0.05, 0) is 31.2 Å². The van der Waals surface area contributed by atoms with E-state index in [1.807, 2.05) is 0 Å². The Morgan fingerprint density at radius 1 is 1.14 bits per heavy atom. The minimum Gasteiger partial charge on any atom is -0.497 e. The van der Waals surface area contributed by atoms with E-state index < -0.39 is 35.1 Å². The molecule has 4 nitrogen and oxygen atoms in total. The largest absolute Gasteiger partial charge is 0.497 e. The van der Waals surface area contributed by atoms with Crippen LogP contribution in [-0.2, 0) is 0 Å². The molecule has 2 rings (SSSR count). The Morgan fingerprint density at radius 2 is 1.64 bits per heavy atom. The number of hydrogen-bond acceptors (Lipinski definition) is 4. The monoisotopic (exact) mass is 405 g/mol. The highest BCUT2D eigenvalue weighted by molar-refractivity contribution is 5.65. The summed E-state index contributed by atoms with van der Waals surface area (Å²) in [6.45, 7) is 2.10. The van der Waals surface area contributed by atoms with Gasteiger partial charge in [-0.1, -0.05) is 13.0 Å². The van der Waals surface area contributed by atoms with Crippen molar-refractivity contribution in [2.24, 2.45) is 17.1 Å². The van der Waals surface area contributed by atoms with E-state index in [4.69, 9.17) is 10.5 Å². The lowest BCUT2D eigenvalue weighted by Gasteiger charge is -2.49. The van der Waals surface area contributed by atoms with Crippen molar-refractivity contribution in [2.45, 2.75) is 26.2 Å². The van der Waals surface area contributed by atoms with Crippen molar-refractivity contribution in [3.63, 3.8) is 0 Å². The number of nitrogens with two attached hydrogens (primary N) is 1. The maximum Gasteiger partial charge on any atom is 0.408 e. The molecule has 2 N–H and O–H groups in total. The molecule has 1 aromatic rings. The normalized spacial score (nSPS) is 21.6. The zero-order valence-electron chi connectivity index (χ0n) is 15.1. The predicted octanol–water partition coefficient (Wildman–Crippen LogP) is 4.86. The maximum absolute atomic E-state index is 13.9. The Balaban J connectivity index is 2.90. The summed E-state index contributed by atoms with van der Waals surface area (Å²) in [6, 6.07) is 6.87. The van der Waals surface area contributed by atoms with Gasteiger partial charge in [-0.25, -0.2) is 0 Å². The van der Waals surface area contributed by atoms with Gasteiger partial charge in [-0.2, -0.15) is 31.6 Å². The Bertz CT molecular complexity index is 832. The van der Waals surface area contributed by atoms with Crippen molar-refractivity contribution in [1.29, 1.82) is 5.26 Å². The molecule has 0 saturated heterocycles. The number of allylic oxidation sites excluding steroid dienone is 3. The molecule has 0 amide bonds. The molecule has 0 aliphatic carbocycles. The molecule has 0 saturated carbocycles. The molecule has 1 atom stereocenters. The Morgan fingerprint density at radius 3 is 2.00 bits per heavy atom. The van der Waals surface area contributed by atoms with E-state index in [9.17, 15) is 31.6 Å². The zero-order chi connectivity index (χ0) is 21.5. The summed E-state index contributed by atoms with van der Waals surface area (Å²) in [6.07, 6.45) is -10.5. The average molecular weight is 405 g/mol. The Kier molecular flexibility index (Phi) is 5.34. The fraction of sp³-hybridized carbons (Fsp3) is 0.389. The van der Waals surface area contributed by atoms with Crippen molar-refractivity contribution in [3.8, 4) is 11.8 Å². The highest BCUT2D eigenvalue weighted by atomic mass is 19.4. The second-order valence-electron chi connectivity index (χ2n) is 6.14. The quantitative estimate of drug-likeness (QED) is 0.714. The van der Waals surface area contributed by atoms with Crippen LogP contribution in [0.15, 0.2) is 47.4 Å². The molecular formula is C18H17F6N3O. The van der Waals surface area contributed by atoms with Crippen LogP contribution in [-0.4, -0.2) is 19.5 Å². The molecule has 1 aromatic carbocycles. The molecule has 0 spiro atoms. The third-order valence-electron chi connectivity index (χ3n) is 4.88. The summed E-state index contributed by atoms with van der Waals surface area (Å²) < 4.78 is 88.2. The summed E-state index contributed by atoms with van der Waals surface area (Å²) >= 11 is 0. The first-order valence-corrected chi connectivity index (χ1v) is 8.02. The van der Waals surface area contributed by atoms with Crippen LogP contribution in [0.1, 0.15) is 13.8 Å². The molecule has 1 heterocycles. The molecular weight excluding hydrogens is 388 g/mol. The predicted molar refractivity (Wildman–Crippen MR) is 89.8 cm³/mol. The zero-order valence-corrected chi connectivity index (χ0v) is 15.1. The number of nitriles is 1. The van der Waals surface area contributed by atoms with Gasteiger partial charge in [0.1, 0.15) is 11.6 Å². The van der Waals surface area contributed by atoms with Crippen LogP contribution < -0.4 is 15.4 Å². The third kappa shape index (κ3) is 2.85. The standard InChI is InChI=1S/C18H17F6N3O/c1-4-14-10(2)16(17(19,20)21,18(22,23)24)13(9-25)15(26)27(14)11-5-7-12(28-3)8-6-11/h4-8,10H,26H2,1-3H3/b14-4-/t10-/m0/s1. The smallest absolute Gasteiger partial charge is 0.408 e. The number of rotatable bonds is 2. The van der Waals surface area contributed by atoms with Gasteiger partial charge in [0.15, 0.2) is 0 Å². The van der Waals surface area contributed by atoms with Crippen LogP contribution in [0.25, 0.3) is 0 Å². The molecule has 0 radical (unpaired) electrons. The number of halogens is 6. The second kappa shape index (κ2) is 6.96. The minimum atomic E-state index is -5.79. The fourth-order valence-corrected chi connectivity index (χ4v) is 3.56. The number of methoxy groups -OCH3 is 1. The van der Waals surface area contributed by atoms with E-state index >= 15 is 0 Å². The molecule has 0 bridgehead atoms. The first-order chi connectivity index (χ1) is 12.9. The molecule has 0 fully saturated rings. The molecule has 152 valence electrons. The SMILES string of the molecule is C/C=C1/[C@H](C)C(C(F)(F)F)(C(F)(F)F)C(C#N)=C(N)N1c1ccc(OC)cc1. The maximum atomic E-state index is 13.9. The van der Waals surface area contributed by atoms with Gasteiger partial charge in [-0.15, -0.1) is 0 Å². The van der Waals surface area contributed by atoms with Crippen LogP contribution in [0.4, 0.5) is 32.0 Å². The number of nitrogens with zero attached hydrogens (tertiary/aromatic N) is 2. The van der Waals surface area contributed by atoms with E-state index in [0.29, 0.717) is 5.75 Å². The van der Waals surface area contributed by atoms with Crippen molar-refractivity contribution in [1.82, 2.24) is 0 Å². The summed E-state index contributed by atoms with van der Waals surface area (Å²) in [7, 11) is 1.40. The van der Waals surface area contributed by atoms with Gasteiger partial charge in [0.05, 0.1) is 18.8 Å². The van der Waals surface area contributed by atoms with Crippen molar-refractivity contribution in [3.05, 3.63) is 47.4 Å². The van der Waals surface area contributed by atoms with Crippen molar-refractivity contribution >= 4 is 5.69 Å². The number of anilines is 1. The average Bonchev–Trinajstić information content (AvgIpc) is 2.60. The number of ether oxygens (including phenoxy) is 1. The highest BCUT2D eigenvalue weighted by Gasteiger charge is 2.77. The van der Waals surface area contributed by atoms with E-state index in [2.05, 4.69) is 0 Å². The van der Waals surface area contributed by atoms with Crippen LogP contribution in [0.3, 0.4) is 0 Å². The van der Waals surface area contributed by atoms with Gasteiger partial charge < -0.3 is 15.4 Å². The first-order valence-electron chi connectivity index (χ1n) is 8.02. The molecule has 0 unspecified atom stereocenters. The molecule has 10 heteroatoms. The lowest BCUT2D eigenvalue weighted by molar-refractivity contribution is -0.337. The van der Waals surface area contributed by atoms with Crippen molar-refractivity contribution < 1.29 is 31.1 Å². The lowest BCUT2D eigenvalue weighted by Crippen LogP contribution is -2.60. The minimum absolute atomic E-state index is 0.198. The van der Waals surface area contributed by atoms with Crippen LogP contribution in [0.5, 0.6) is 5.75 Å². The summed E-state index contributed by atoms with van der Waals surface area (Å²) in [5, 5.41) is 9.29. The van der Waals surface area contributed by atoms with E-state index in [0.717, 1.165) is 24.0 Å².